The van der Waals surface area contributed by atoms with Crippen molar-refractivity contribution in [3.8, 4) is 0 Å². The van der Waals surface area contributed by atoms with Gasteiger partial charge in [-0.15, -0.1) is 0 Å². The molecule has 0 spiro atoms. The van der Waals surface area contributed by atoms with Gasteiger partial charge in [0.15, 0.2) is 0 Å². The van der Waals surface area contributed by atoms with Crippen LogP contribution in [-0.2, 0) is 14.8 Å². The first kappa shape index (κ1) is 19.7. The molecule has 2 aliphatic rings. The summed E-state index contributed by atoms with van der Waals surface area (Å²) in [6, 6.07) is 4.87. The van der Waals surface area contributed by atoms with E-state index in [9.17, 15) is 23.3 Å². The second-order valence-electron chi connectivity index (χ2n) is 7.05. The standard InChI is InChI=1S/C17H24N4O5S/c22-17(16-11-12-3-1-2-4-15(12)20-16)18-9-10-19-27(25,26)14-7-5-13(6-8-14)21(23)24/h5-8,12,15-16,19-20H,1-4,9-11H2,(H,18,22). The first-order valence-electron chi connectivity index (χ1n) is 9.15. The molecule has 9 nitrogen and oxygen atoms in total. The largest absolute Gasteiger partial charge is 0.353 e. The average Bonchev–Trinajstić information content (AvgIpc) is 3.09. The van der Waals surface area contributed by atoms with E-state index in [0.717, 1.165) is 31.4 Å². The molecule has 148 valence electrons. The molecule has 3 unspecified atom stereocenters. The maximum atomic E-state index is 12.3. The molecular formula is C17H24N4O5S. The number of nitro groups is 1. The van der Waals surface area contributed by atoms with Crippen LogP contribution in [0.25, 0.3) is 0 Å². The van der Waals surface area contributed by atoms with E-state index in [-0.39, 0.29) is 35.6 Å². The van der Waals surface area contributed by atoms with Crippen LogP contribution in [0.5, 0.6) is 0 Å². The summed E-state index contributed by atoms with van der Waals surface area (Å²) in [6.07, 6.45) is 5.54. The number of amides is 1. The van der Waals surface area contributed by atoms with E-state index < -0.39 is 14.9 Å². The van der Waals surface area contributed by atoms with E-state index in [0.29, 0.717) is 12.0 Å². The molecule has 1 aromatic rings. The molecule has 0 aromatic heterocycles. The van der Waals surface area contributed by atoms with Crippen LogP contribution in [0.1, 0.15) is 32.1 Å². The number of benzene rings is 1. The molecule has 3 atom stereocenters. The topological polar surface area (TPSA) is 130 Å². The van der Waals surface area contributed by atoms with Gasteiger partial charge in [-0.25, -0.2) is 13.1 Å². The van der Waals surface area contributed by atoms with Crippen LogP contribution < -0.4 is 15.4 Å². The highest BCUT2D eigenvalue weighted by Gasteiger charge is 2.37. The summed E-state index contributed by atoms with van der Waals surface area (Å²) in [7, 11) is -3.78. The summed E-state index contributed by atoms with van der Waals surface area (Å²) in [5.41, 5.74) is -0.175. The van der Waals surface area contributed by atoms with Gasteiger partial charge in [0.25, 0.3) is 5.69 Å². The minimum Gasteiger partial charge on any atom is -0.353 e. The van der Waals surface area contributed by atoms with Crippen LogP contribution in [0, 0.1) is 16.0 Å². The quantitative estimate of drug-likeness (QED) is 0.357. The lowest BCUT2D eigenvalue weighted by atomic mass is 9.85. The molecule has 3 N–H and O–H groups in total. The number of nitrogens with one attached hydrogen (secondary N) is 3. The van der Waals surface area contributed by atoms with Gasteiger partial charge in [0.05, 0.1) is 15.9 Å². The number of hydrogen-bond donors (Lipinski definition) is 3. The van der Waals surface area contributed by atoms with Gasteiger partial charge in [0.2, 0.25) is 15.9 Å². The number of hydrogen-bond acceptors (Lipinski definition) is 6. The second kappa shape index (κ2) is 8.32. The number of non-ortho nitro benzene ring substituents is 1. The molecule has 1 aliphatic heterocycles. The molecule has 1 aromatic carbocycles. The highest BCUT2D eigenvalue weighted by molar-refractivity contribution is 7.89. The van der Waals surface area contributed by atoms with Crippen LogP contribution in [0.4, 0.5) is 5.69 Å². The molecular weight excluding hydrogens is 372 g/mol. The first-order valence-corrected chi connectivity index (χ1v) is 10.6. The minimum atomic E-state index is -3.78. The fourth-order valence-corrected chi connectivity index (χ4v) is 4.88. The van der Waals surface area contributed by atoms with E-state index in [4.69, 9.17) is 0 Å². The number of nitro benzene ring substituents is 1. The summed E-state index contributed by atoms with van der Waals surface area (Å²) in [4.78, 5) is 22.2. The van der Waals surface area contributed by atoms with Crippen molar-refractivity contribution in [2.75, 3.05) is 13.1 Å². The Labute approximate surface area is 158 Å². The molecule has 0 radical (unpaired) electrons. The van der Waals surface area contributed by atoms with Crippen molar-refractivity contribution >= 4 is 21.6 Å². The monoisotopic (exact) mass is 396 g/mol. The minimum absolute atomic E-state index is 0.0463. The van der Waals surface area contributed by atoms with Crippen molar-refractivity contribution in [3.63, 3.8) is 0 Å². The summed E-state index contributed by atoms with van der Waals surface area (Å²) in [6.45, 7) is 0.225. The number of rotatable bonds is 7. The Bertz CT molecular complexity index is 782. The smallest absolute Gasteiger partial charge is 0.269 e. The van der Waals surface area contributed by atoms with Crippen LogP contribution >= 0.6 is 0 Å². The zero-order chi connectivity index (χ0) is 19.4. The second-order valence-corrected chi connectivity index (χ2v) is 8.81. The fraction of sp³-hybridized carbons (Fsp3) is 0.588. The summed E-state index contributed by atoms with van der Waals surface area (Å²) in [5.74, 6) is 0.467. The molecule has 2 fully saturated rings. The maximum absolute atomic E-state index is 12.3. The highest BCUT2D eigenvalue weighted by atomic mass is 32.2. The molecule has 1 amide bonds. The summed E-state index contributed by atoms with van der Waals surface area (Å²) >= 11 is 0. The molecule has 27 heavy (non-hydrogen) atoms. The third-order valence-corrected chi connectivity index (χ3v) is 6.73. The third-order valence-electron chi connectivity index (χ3n) is 5.25. The predicted octanol–water partition coefficient (Wildman–Crippen LogP) is 0.910. The zero-order valence-corrected chi connectivity index (χ0v) is 15.7. The summed E-state index contributed by atoms with van der Waals surface area (Å²) in [5, 5.41) is 16.8. The number of sulfonamides is 1. The van der Waals surface area contributed by atoms with Crippen molar-refractivity contribution in [3.05, 3.63) is 34.4 Å². The average molecular weight is 396 g/mol. The fourth-order valence-electron chi connectivity index (χ4n) is 3.85. The lowest BCUT2D eigenvalue weighted by Gasteiger charge is -2.24. The van der Waals surface area contributed by atoms with Crippen LogP contribution in [0.15, 0.2) is 29.2 Å². The van der Waals surface area contributed by atoms with Gasteiger partial charge in [-0.1, -0.05) is 12.8 Å². The number of fused-ring (bicyclic) bond motifs is 1. The van der Waals surface area contributed by atoms with Crippen molar-refractivity contribution in [2.24, 2.45) is 5.92 Å². The molecule has 1 aliphatic carbocycles. The Morgan fingerprint density at radius 3 is 2.56 bits per heavy atom. The van der Waals surface area contributed by atoms with Gasteiger partial charge in [0.1, 0.15) is 0 Å². The van der Waals surface area contributed by atoms with Crippen molar-refractivity contribution in [1.82, 2.24) is 15.4 Å². The number of nitrogens with zero attached hydrogens (tertiary/aromatic N) is 1. The molecule has 1 heterocycles. The molecule has 10 heteroatoms. The summed E-state index contributed by atoms with van der Waals surface area (Å²) < 4.78 is 26.7. The molecule has 3 rings (SSSR count). The third kappa shape index (κ3) is 4.82. The lowest BCUT2D eigenvalue weighted by molar-refractivity contribution is -0.384. The predicted molar refractivity (Wildman–Crippen MR) is 98.6 cm³/mol. The van der Waals surface area contributed by atoms with E-state index in [1.165, 1.54) is 25.0 Å². The van der Waals surface area contributed by atoms with E-state index >= 15 is 0 Å². The number of carbonyl (C=O) groups is 1. The molecule has 1 saturated carbocycles. The lowest BCUT2D eigenvalue weighted by Crippen LogP contribution is -2.45. The van der Waals surface area contributed by atoms with Gasteiger partial charge < -0.3 is 10.6 Å². The van der Waals surface area contributed by atoms with Crippen LogP contribution in [0.3, 0.4) is 0 Å². The molecule has 0 bridgehead atoms. The van der Waals surface area contributed by atoms with Gasteiger partial charge in [-0.3, -0.25) is 14.9 Å². The van der Waals surface area contributed by atoms with Gasteiger partial charge in [-0.05, 0) is 37.3 Å². The Morgan fingerprint density at radius 1 is 1.19 bits per heavy atom. The van der Waals surface area contributed by atoms with Gasteiger partial charge in [0, 0.05) is 31.3 Å². The molecule has 1 saturated heterocycles. The SMILES string of the molecule is O=C(NCCNS(=O)(=O)c1ccc([N+](=O)[O-])cc1)C1CC2CCCCC2N1. The zero-order valence-electron chi connectivity index (χ0n) is 14.9. The van der Waals surface area contributed by atoms with E-state index in [1.807, 2.05) is 0 Å². The Hall–Kier alpha value is -2.04. The Morgan fingerprint density at radius 2 is 1.89 bits per heavy atom. The Balaban J connectivity index is 1.43. The van der Waals surface area contributed by atoms with E-state index in [2.05, 4.69) is 15.4 Å². The normalized spacial score (nSPS) is 25.0. The van der Waals surface area contributed by atoms with Gasteiger partial charge >= 0.3 is 0 Å². The van der Waals surface area contributed by atoms with Crippen LogP contribution in [-0.4, -0.2) is 44.4 Å². The first-order chi connectivity index (χ1) is 12.9. The van der Waals surface area contributed by atoms with Gasteiger partial charge in [-0.2, -0.15) is 0 Å². The Kier molecular flexibility index (Phi) is 6.08. The number of carbonyl (C=O) groups excluding carboxylic acids is 1. The maximum Gasteiger partial charge on any atom is 0.269 e. The van der Waals surface area contributed by atoms with Crippen molar-refractivity contribution < 1.29 is 18.1 Å². The van der Waals surface area contributed by atoms with Crippen LogP contribution in [0.2, 0.25) is 0 Å². The highest BCUT2D eigenvalue weighted by Crippen LogP contribution is 2.33. The van der Waals surface area contributed by atoms with E-state index in [1.54, 1.807) is 0 Å². The van der Waals surface area contributed by atoms with Crippen molar-refractivity contribution in [2.45, 2.75) is 49.1 Å². The van der Waals surface area contributed by atoms with Crippen molar-refractivity contribution in [1.29, 1.82) is 0 Å².